The van der Waals surface area contributed by atoms with Crippen molar-refractivity contribution >= 4 is 17.3 Å². The minimum absolute atomic E-state index is 0.0630. The Morgan fingerprint density at radius 3 is 2.70 bits per heavy atom. The van der Waals surface area contributed by atoms with Gasteiger partial charge >= 0.3 is 0 Å². The topological polar surface area (TPSA) is 85.2 Å². The van der Waals surface area contributed by atoms with Crippen molar-refractivity contribution in [3.05, 3.63) is 64.7 Å². The Morgan fingerprint density at radius 2 is 2.04 bits per heavy atom. The van der Waals surface area contributed by atoms with Gasteiger partial charge in [0, 0.05) is 24.4 Å². The van der Waals surface area contributed by atoms with Crippen LogP contribution in [0.5, 0.6) is 0 Å². The number of benzene rings is 1. The summed E-state index contributed by atoms with van der Waals surface area (Å²) >= 11 is 0. The first-order valence-electron chi connectivity index (χ1n) is 8.19. The van der Waals surface area contributed by atoms with Crippen LogP contribution in [-0.4, -0.2) is 36.5 Å². The minimum atomic E-state index is -0.479. The van der Waals surface area contributed by atoms with Gasteiger partial charge in [0.15, 0.2) is 11.5 Å². The van der Waals surface area contributed by atoms with Gasteiger partial charge in [-0.3, -0.25) is 9.78 Å². The molecular weight excluding hydrogens is 351 g/mol. The average Bonchev–Trinajstić information content (AvgIpc) is 2.67. The van der Waals surface area contributed by atoms with E-state index < -0.39 is 5.82 Å². The zero-order chi connectivity index (χ0) is 19.8. The molecule has 2 rings (SSSR count). The van der Waals surface area contributed by atoms with Crippen molar-refractivity contribution in [2.45, 2.75) is 20.5 Å². The molecule has 0 saturated heterocycles. The Kier molecular flexibility index (Phi) is 6.99. The molecule has 1 heterocycles. The third kappa shape index (κ3) is 4.87. The summed E-state index contributed by atoms with van der Waals surface area (Å²) in [7, 11) is 2.87. The van der Waals surface area contributed by atoms with Crippen LogP contribution in [0.4, 0.5) is 4.39 Å². The molecule has 8 heteroatoms. The second-order valence-electron chi connectivity index (χ2n) is 5.59. The molecule has 0 saturated carbocycles. The molecule has 142 valence electrons. The lowest BCUT2D eigenvalue weighted by atomic mass is 9.98. The summed E-state index contributed by atoms with van der Waals surface area (Å²) in [6.45, 7) is 3.55. The van der Waals surface area contributed by atoms with Gasteiger partial charge in [-0.15, -0.1) is 0 Å². The molecular formula is C19H21FN4O3. The van der Waals surface area contributed by atoms with E-state index in [1.54, 1.807) is 19.1 Å². The number of aromatic nitrogens is 1. The highest BCUT2D eigenvalue weighted by atomic mass is 19.1. The molecule has 2 aromatic rings. The fourth-order valence-corrected chi connectivity index (χ4v) is 2.43. The van der Waals surface area contributed by atoms with Crippen molar-refractivity contribution in [3.63, 3.8) is 0 Å². The van der Waals surface area contributed by atoms with Gasteiger partial charge in [0.2, 0.25) is 0 Å². The van der Waals surface area contributed by atoms with Crippen molar-refractivity contribution in [1.29, 1.82) is 0 Å². The van der Waals surface area contributed by atoms with Gasteiger partial charge in [-0.25, -0.2) is 4.39 Å². The van der Waals surface area contributed by atoms with E-state index >= 15 is 0 Å². The molecule has 7 nitrogen and oxygen atoms in total. The second-order valence-corrected chi connectivity index (χ2v) is 5.59. The van der Waals surface area contributed by atoms with E-state index in [1.807, 2.05) is 13.0 Å². The molecule has 0 aliphatic carbocycles. The third-order valence-electron chi connectivity index (χ3n) is 3.80. The zero-order valence-electron chi connectivity index (χ0n) is 15.6. The van der Waals surface area contributed by atoms with Crippen LogP contribution >= 0.6 is 0 Å². The predicted molar refractivity (Wildman–Crippen MR) is 100.0 cm³/mol. The lowest BCUT2D eigenvalue weighted by Gasteiger charge is -2.13. The van der Waals surface area contributed by atoms with Crippen molar-refractivity contribution in [3.8, 4) is 0 Å². The van der Waals surface area contributed by atoms with Crippen molar-refractivity contribution in [1.82, 2.24) is 10.3 Å². The summed E-state index contributed by atoms with van der Waals surface area (Å²) in [4.78, 5) is 26.3. The van der Waals surface area contributed by atoms with Crippen LogP contribution in [0.25, 0.3) is 0 Å². The lowest BCUT2D eigenvalue weighted by molar-refractivity contribution is -0.114. The highest BCUT2D eigenvalue weighted by Gasteiger charge is 2.19. The molecule has 0 atom stereocenters. The number of amides is 1. The summed E-state index contributed by atoms with van der Waals surface area (Å²) < 4.78 is 13.8. The minimum Gasteiger partial charge on any atom is -0.398 e. The van der Waals surface area contributed by atoms with Crippen molar-refractivity contribution < 1.29 is 18.9 Å². The van der Waals surface area contributed by atoms with E-state index in [0.29, 0.717) is 11.3 Å². The molecule has 0 bridgehead atoms. The number of aryl methyl sites for hydroxylation is 1. The Morgan fingerprint density at radius 1 is 1.26 bits per heavy atom. The van der Waals surface area contributed by atoms with Crippen LogP contribution in [-0.2, 0) is 21.1 Å². The number of halogens is 1. The number of likely N-dealkylation sites (N-methyl/N-ethyl adjacent to an activating group) is 1. The first kappa shape index (κ1) is 20.0. The van der Waals surface area contributed by atoms with Gasteiger partial charge in [-0.1, -0.05) is 28.5 Å². The number of nitrogens with one attached hydrogen (secondary N) is 1. The number of hydrogen-bond donors (Lipinski definition) is 1. The number of carbonyl (C=O) groups excluding carboxylic acids is 1. The molecule has 1 aromatic heterocycles. The first-order valence-corrected chi connectivity index (χ1v) is 8.19. The van der Waals surface area contributed by atoms with E-state index in [1.165, 1.54) is 32.5 Å². The van der Waals surface area contributed by atoms with Gasteiger partial charge in [-0.05, 0) is 31.5 Å². The maximum absolute atomic E-state index is 13.8. The molecule has 0 fully saturated rings. The Labute approximate surface area is 156 Å². The molecule has 0 aliphatic heterocycles. The fourth-order valence-electron chi connectivity index (χ4n) is 2.43. The smallest absolute Gasteiger partial charge is 0.273 e. The number of carbonyl (C=O) groups is 1. The summed E-state index contributed by atoms with van der Waals surface area (Å²) in [5, 5.41) is 10.3. The van der Waals surface area contributed by atoms with E-state index in [2.05, 4.69) is 20.6 Å². The highest BCUT2D eigenvalue weighted by Crippen LogP contribution is 2.18. The molecule has 1 N–H and O–H groups in total. The molecule has 0 unspecified atom stereocenters. The van der Waals surface area contributed by atoms with Gasteiger partial charge in [0.1, 0.15) is 25.1 Å². The summed E-state index contributed by atoms with van der Waals surface area (Å²) in [6, 6.07) is 8.24. The number of hydrogen-bond acceptors (Lipinski definition) is 6. The van der Waals surface area contributed by atoms with Crippen LogP contribution in [0, 0.1) is 12.7 Å². The first-order chi connectivity index (χ1) is 13.0. The quantitative estimate of drug-likeness (QED) is 0.598. The molecule has 0 radical (unpaired) electrons. The van der Waals surface area contributed by atoms with E-state index in [4.69, 9.17) is 9.68 Å². The van der Waals surface area contributed by atoms with Crippen LogP contribution in [0.1, 0.15) is 29.3 Å². The van der Waals surface area contributed by atoms with Gasteiger partial charge in [0.05, 0.1) is 0 Å². The Hall–Kier alpha value is -3.29. The largest absolute Gasteiger partial charge is 0.398 e. The van der Waals surface area contributed by atoms with Gasteiger partial charge in [0.25, 0.3) is 5.91 Å². The van der Waals surface area contributed by atoms with E-state index in [9.17, 15) is 9.18 Å². The highest BCUT2D eigenvalue weighted by molar-refractivity contribution is 6.45. The maximum Gasteiger partial charge on any atom is 0.273 e. The lowest BCUT2D eigenvalue weighted by Crippen LogP contribution is -2.29. The van der Waals surface area contributed by atoms with E-state index in [-0.39, 0.29) is 23.9 Å². The Bertz CT molecular complexity index is 881. The van der Waals surface area contributed by atoms with Crippen molar-refractivity contribution in [2.75, 3.05) is 14.2 Å². The standard InChI is InChI=1S/C19H21FN4O3/c1-12-7-5-8-14(18(24-26-4)19(25)21-3)15(12)11-27-23-13(2)17-16(20)9-6-10-22-17/h5-10H,11H2,1-4H3,(H,21,25)/b23-13+,24-18+. The normalized spacial score (nSPS) is 11.9. The second kappa shape index (κ2) is 9.42. The van der Waals surface area contributed by atoms with Crippen molar-refractivity contribution in [2.24, 2.45) is 10.3 Å². The molecule has 1 aromatic carbocycles. The SMILES string of the molecule is CNC(=O)/C(=N/OC)c1cccc(C)c1CO/N=C(\C)c1ncccc1F. The Balaban J connectivity index is 2.29. The summed E-state index contributed by atoms with van der Waals surface area (Å²) in [6.07, 6.45) is 1.48. The van der Waals surface area contributed by atoms with Crippen LogP contribution in [0.3, 0.4) is 0 Å². The van der Waals surface area contributed by atoms with Crippen LogP contribution in [0.15, 0.2) is 46.8 Å². The molecule has 1 amide bonds. The van der Waals surface area contributed by atoms with Crippen LogP contribution < -0.4 is 5.32 Å². The number of oxime groups is 2. The fraction of sp³-hybridized carbons (Fsp3) is 0.263. The van der Waals surface area contributed by atoms with Crippen LogP contribution in [0.2, 0.25) is 0 Å². The third-order valence-corrected chi connectivity index (χ3v) is 3.80. The molecule has 0 spiro atoms. The molecule has 27 heavy (non-hydrogen) atoms. The summed E-state index contributed by atoms with van der Waals surface area (Å²) in [5.74, 6) is -0.869. The number of nitrogens with zero attached hydrogens (tertiary/aromatic N) is 3. The zero-order valence-corrected chi connectivity index (χ0v) is 15.6. The van der Waals surface area contributed by atoms with Gasteiger partial charge < -0.3 is 15.0 Å². The maximum atomic E-state index is 13.8. The average molecular weight is 372 g/mol. The number of pyridine rings is 1. The van der Waals surface area contributed by atoms with Gasteiger partial charge in [-0.2, -0.15) is 0 Å². The monoisotopic (exact) mass is 372 g/mol. The van der Waals surface area contributed by atoms with E-state index in [0.717, 1.165) is 11.1 Å². The predicted octanol–water partition coefficient (Wildman–Crippen LogP) is 2.57. The number of rotatable bonds is 7. The summed E-state index contributed by atoms with van der Waals surface area (Å²) in [5.41, 5.74) is 2.72. The molecule has 0 aliphatic rings.